The summed E-state index contributed by atoms with van der Waals surface area (Å²) in [5.74, 6) is 2.16. The van der Waals surface area contributed by atoms with Crippen LogP contribution in [-0.2, 0) is 9.53 Å². The van der Waals surface area contributed by atoms with E-state index in [2.05, 4.69) is 35.7 Å². The van der Waals surface area contributed by atoms with Gasteiger partial charge in [0.1, 0.15) is 6.54 Å². The van der Waals surface area contributed by atoms with Gasteiger partial charge in [0.25, 0.3) is 0 Å². The first kappa shape index (κ1) is 22.1. The van der Waals surface area contributed by atoms with E-state index in [0.29, 0.717) is 11.9 Å². The molecule has 0 aromatic heterocycles. The summed E-state index contributed by atoms with van der Waals surface area (Å²) >= 11 is 1.77. The average Bonchev–Trinajstić information content (AvgIpc) is 2.50. The lowest BCUT2D eigenvalue weighted by molar-refractivity contribution is -0.127. The molecule has 0 aliphatic heterocycles. The summed E-state index contributed by atoms with van der Waals surface area (Å²) in [5.41, 5.74) is 0. The monoisotopic (exact) mass is 346 g/mol. The van der Waals surface area contributed by atoms with Crippen molar-refractivity contribution in [3.05, 3.63) is 0 Å². The molecule has 6 nitrogen and oxygen atoms in total. The minimum atomic E-state index is -0.00894. The summed E-state index contributed by atoms with van der Waals surface area (Å²) in [4.78, 5) is 17.6. The van der Waals surface area contributed by atoms with Crippen LogP contribution in [0.15, 0.2) is 4.99 Å². The van der Waals surface area contributed by atoms with E-state index in [4.69, 9.17) is 4.74 Å². The molecule has 23 heavy (non-hydrogen) atoms. The number of amides is 1. The predicted octanol–water partition coefficient (Wildman–Crippen LogP) is 1.42. The molecule has 0 saturated heterocycles. The summed E-state index contributed by atoms with van der Waals surface area (Å²) in [6.45, 7) is 8.83. The lowest BCUT2D eigenvalue weighted by atomic mass is 10.0. The van der Waals surface area contributed by atoms with Crippen molar-refractivity contribution in [3.8, 4) is 0 Å². The zero-order valence-corrected chi connectivity index (χ0v) is 16.3. The number of nitrogens with one attached hydrogen (secondary N) is 2. The lowest BCUT2D eigenvalue weighted by Gasteiger charge is -2.21. The second-order valence-corrected chi connectivity index (χ2v) is 6.81. The third-order valence-electron chi connectivity index (χ3n) is 3.32. The van der Waals surface area contributed by atoms with Crippen LogP contribution in [-0.4, -0.2) is 75.2 Å². The zero-order valence-electron chi connectivity index (χ0n) is 15.5. The topological polar surface area (TPSA) is 66.0 Å². The van der Waals surface area contributed by atoms with Crippen LogP contribution in [0.4, 0.5) is 0 Å². The Kier molecular flexibility index (Phi) is 12.9. The Morgan fingerprint density at radius 2 is 1.91 bits per heavy atom. The summed E-state index contributed by atoms with van der Waals surface area (Å²) in [5, 5.41) is 6.55. The van der Waals surface area contributed by atoms with Gasteiger partial charge in [0.05, 0.1) is 6.10 Å². The zero-order chi connectivity index (χ0) is 17.7. The van der Waals surface area contributed by atoms with Crippen LogP contribution < -0.4 is 10.6 Å². The number of ether oxygens (including phenoxy) is 1. The Labute approximate surface area is 145 Å². The van der Waals surface area contributed by atoms with Crippen molar-refractivity contribution in [1.82, 2.24) is 15.5 Å². The van der Waals surface area contributed by atoms with Crippen molar-refractivity contribution in [1.29, 1.82) is 0 Å². The molecular formula is C16H34N4O2S. The molecule has 0 rings (SSSR count). The van der Waals surface area contributed by atoms with E-state index < -0.39 is 0 Å². The first-order valence-electron chi connectivity index (χ1n) is 8.25. The Balaban J connectivity index is 4.44. The largest absolute Gasteiger partial charge is 0.378 e. The molecule has 0 fully saturated rings. The number of carbonyl (C=O) groups excluding carboxylic acids is 1. The molecule has 0 bridgehead atoms. The van der Waals surface area contributed by atoms with E-state index in [1.807, 2.05) is 6.92 Å². The van der Waals surface area contributed by atoms with Crippen LogP contribution in [0.25, 0.3) is 0 Å². The Hall–Kier alpha value is -0.950. The first-order valence-corrected chi connectivity index (χ1v) is 9.64. The van der Waals surface area contributed by atoms with E-state index in [9.17, 15) is 4.79 Å². The van der Waals surface area contributed by atoms with Gasteiger partial charge in [0.2, 0.25) is 5.91 Å². The minimum Gasteiger partial charge on any atom is -0.378 e. The van der Waals surface area contributed by atoms with Crippen LogP contribution in [0, 0.1) is 5.92 Å². The molecule has 2 N–H and O–H groups in total. The van der Waals surface area contributed by atoms with E-state index in [-0.39, 0.29) is 18.6 Å². The molecule has 0 aromatic carbocycles. The predicted molar refractivity (Wildman–Crippen MR) is 100 cm³/mol. The highest BCUT2D eigenvalue weighted by atomic mass is 32.2. The SMILES string of the molecule is CCOC(CCNC(=NCC(=O)N(C)C)NCCSC)C(C)C. The molecule has 1 amide bonds. The number of hydrogen-bond donors (Lipinski definition) is 2. The van der Waals surface area contributed by atoms with Crippen molar-refractivity contribution in [3.63, 3.8) is 0 Å². The van der Waals surface area contributed by atoms with Crippen LogP contribution in [0.1, 0.15) is 27.2 Å². The second-order valence-electron chi connectivity index (χ2n) is 5.83. The fourth-order valence-corrected chi connectivity index (χ4v) is 2.20. The number of hydrogen-bond acceptors (Lipinski definition) is 4. The van der Waals surface area contributed by atoms with Crippen molar-refractivity contribution in [2.24, 2.45) is 10.9 Å². The molecule has 0 spiro atoms. The van der Waals surface area contributed by atoms with Crippen LogP contribution in [0.5, 0.6) is 0 Å². The van der Waals surface area contributed by atoms with Gasteiger partial charge in [-0.2, -0.15) is 11.8 Å². The van der Waals surface area contributed by atoms with E-state index in [1.54, 1.807) is 30.8 Å². The standard InChI is InChI=1S/C16H34N4O2S/c1-7-22-14(13(2)3)8-9-17-16(18-10-11-23-6)19-12-15(21)20(4)5/h13-14H,7-12H2,1-6H3,(H2,17,18,19). The number of guanidine groups is 1. The third kappa shape index (κ3) is 11.3. The number of carbonyl (C=O) groups is 1. The van der Waals surface area contributed by atoms with E-state index >= 15 is 0 Å². The Morgan fingerprint density at radius 3 is 2.43 bits per heavy atom. The van der Waals surface area contributed by atoms with Gasteiger partial charge in [-0.15, -0.1) is 0 Å². The van der Waals surface area contributed by atoms with Crippen LogP contribution in [0.3, 0.4) is 0 Å². The van der Waals surface area contributed by atoms with E-state index in [1.165, 1.54) is 0 Å². The van der Waals surface area contributed by atoms with Crippen molar-refractivity contribution >= 4 is 23.6 Å². The van der Waals surface area contributed by atoms with E-state index in [0.717, 1.165) is 31.9 Å². The number of likely N-dealkylation sites (N-methyl/N-ethyl adjacent to an activating group) is 1. The summed E-state index contributed by atoms with van der Waals surface area (Å²) in [7, 11) is 3.48. The summed E-state index contributed by atoms with van der Waals surface area (Å²) in [6, 6.07) is 0. The smallest absolute Gasteiger partial charge is 0.243 e. The first-order chi connectivity index (χ1) is 10.9. The quantitative estimate of drug-likeness (QED) is 0.336. The Bertz CT molecular complexity index is 349. The number of thioether (sulfide) groups is 1. The molecule has 0 aromatic rings. The number of rotatable bonds is 11. The van der Waals surface area contributed by atoms with Crippen LogP contribution in [0.2, 0.25) is 0 Å². The van der Waals surface area contributed by atoms with Crippen molar-refractivity contribution in [2.45, 2.75) is 33.3 Å². The molecule has 0 heterocycles. The van der Waals surface area contributed by atoms with Gasteiger partial charge in [-0.05, 0) is 25.5 Å². The van der Waals surface area contributed by atoms with Crippen molar-refractivity contribution < 1.29 is 9.53 Å². The van der Waals surface area contributed by atoms with Crippen LogP contribution >= 0.6 is 11.8 Å². The molecule has 1 unspecified atom stereocenters. The lowest BCUT2D eigenvalue weighted by Crippen LogP contribution is -2.41. The molecule has 1 atom stereocenters. The maximum Gasteiger partial charge on any atom is 0.243 e. The molecule has 0 saturated carbocycles. The molecule has 0 aliphatic rings. The molecule has 0 aliphatic carbocycles. The van der Waals surface area contributed by atoms with Gasteiger partial charge in [0.15, 0.2) is 5.96 Å². The third-order valence-corrected chi connectivity index (χ3v) is 3.93. The highest BCUT2D eigenvalue weighted by Gasteiger charge is 2.13. The highest BCUT2D eigenvalue weighted by Crippen LogP contribution is 2.09. The molecule has 7 heteroatoms. The second kappa shape index (κ2) is 13.5. The molecule has 136 valence electrons. The van der Waals surface area contributed by atoms with Gasteiger partial charge in [0, 0.05) is 39.5 Å². The average molecular weight is 347 g/mol. The van der Waals surface area contributed by atoms with Gasteiger partial charge in [-0.1, -0.05) is 13.8 Å². The fraction of sp³-hybridized carbons (Fsp3) is 0.875. The van der Waals surface area contributed by atoms with Crippen molar-refractivity contribution in [2.75, 3.05) is 52.3 Å². The normalized spacial score (nSPS) is 13.1. The molecular weight excluding hydrogens is 312 g/mol. The number of nitrogens with zero attached hydrogens (tertiary/aromatic N) is 2. The summed E-state index contributed by atoms with van der Waals surface area (Å²) < 4.78 is 5.75. The fourth-order valence-electron chi connectivity index (χ4n) is 1.89. The highest BCUT2D eigenvalue weighted by molar-refractivity contribution is 7.98. The van der Waals surface area contributed by atoms with Gasteiger partial charge in [-0.3, -0.25) is 4.79 Å². The summed E-state index contributed by atoms with van der Waals surface area (Å²) in [6.07, 6.45) is 3.22. The maximum absolute atomic E-state index is 11.7. The Morgan fingerprint density at radius 1 is 1.26 bits per heavy atom. The van der Waals surface area contributed by atoms with Gasteiger partial charge < -0.3 is 20.3 Å². The van der Waals surface area contributed by atoms with Gasteiger partial charge in [-0.25, -0.2) is 4.99 Å². The maximum atomic E-state index is 11.7. The molecule has 0 radical (unpaired) electrons. The van der Waals surface area contributed by atoms with Gasteiger partial charge >= 0.3 is 0 Å². The minimum absolute atomic E-state index is 0.00894. The number of aliphatic imine (C=N–C) groups is 1.